The number of hydrogen-bond donors (Lipinski definition) is 1. The summed E-state index contributed by atoms with van der Waals surface area (Å²) in [7, 11) is 0. The van der Waals surface area contributed by atoms with E-state index in [4.69, 9.17) is 0 Å². The van der Waals surface area contributed by atoms with E-state index in [1.165, 1.54) is 6.42 Å². The highest BCUT2D eigenvalue weighted by Crippen LogP contribution is 2.19. The van der Waals surface area contributed by atoms with Gasteiger partial charge in [0.2, 0.25) is 0 Å². The smallest absolute Gasteiger partial charge is 0.176 e. The zero-order valence-electron chi connectivity index (χ0n) is 11.2. The maximum Gasteiger partial charge on any atom is 0.176 e. The summed E-state index contributed by atoms with van der Waals surface area (Å²) < 4.78 is 2.04. The number of aromatic nitrogens is 4. The third-order valence-corrected chi connectivity index (χ3v) is 3.01. The molecule has 0 aromatic carbocycles. The summed E-state index contributed by atoms with van der Waals surface area (Å²) in [5.74, 6) is 1.70. The molecule has 0 saturated carbocycles. The van der Waals surface area contributed by atoms with Crippen molar-refractivity contribution in [1.82, 2.24) is 19.7 Å². The number of rotatable bonds is 5. The molecule has 0 aliphatic carbocycles. The van der Waals surface area contributed by atoms with Crippen LogP contribution in [0.4, 0.5) is 0 Å². The Morgan fingerprint density at radius 1 is 1.35 bits per heavy atom. The highest BCUT2D eigenvalue weighted by molar-refractivity contribution is 5.70. The van der Waals surface area contributed by atoms with Crippen LogP contribution in [0.25, 0.3) is 11.2 Å². The lowest BCUT2D eigenvalue weighted by molar-refractivity contribution is 0.465. The van der Waals surface area contributed by atoms with Gasteiger partial charge in [-0.1, -0.05) is 27.2 Å². The van der Waals surface area contributed by atoms with E-state index >= 15 is 0 Å². The van der Waals surface area contributed by atoms with E-state index < -0.39 is 0 Å². The Kier molecular flexibility index (Phi) is 3.50. The molecule has 0 amide bonds. The molecule has 17 heavy (non-hydrogen) atoms. The molecule has 2 aromatic rings. The summed E-state index contributed by atoms with van der Waals surface area (Å²) in [5.41, 5.74) is 2.06. The van der Waals surface area contributed by atoms with Crippen molar-refractivity contribution >= 4 is 11.2 Å². The minimum absolute atomic E-state index is 0.424. The van der Waals surface area contributed by atoms with Gasteiger partial charge < -0.3 is 4.98 Å². The molecular formula is C13H22N4. The molecule has 0 bridgehead atoms. The lowest BCUT2D eigenvalue weighted by Gasteiger charge is -2.10. The molecule has 0 fully saturated rings. The minimum atomic E-state index is 0.424. The van der Waals surface area contributed by atoms with Crippen molar-refractivity contribution in [2.24, 2.45) is 5.92 Å². The number of fused-ring (bicyclic) bond motifs is 1. The van der Waals surface area contributed by atoms with Crippen LogP contribution < -0.4 is 0 Å². The summed E-state index contributed by atoms with van der Waals surface area (Å²) in [6, 6.07) is 0.424. The Morgan fingerprint density at radius 3 is 2.76 bits per heavy atom. The van der Waals surface area contributed by atoms with Crippen LogP contribution in [-0.4, -0.2) is 19.7 Å². The minimum Gasteiger partial charge on any atom is -0.339 e. The highest BCUT2D eigenvalue weighted by atomic mass is 15.3. The average molecular weight is 234 g/mol. The highest BCUT2D eigenvalue weighted by Gasteiger charge is 2.13. The number of nitrogens with one attached hydrogen (secondary N) is 1. The topological polar surface area (TPSA) is 46.5 Å². The zero-order valence-corrected chi connectivity index (χ0v) is 11.2. The zero-order chi connectivity index (χ0) is 12.4. The SMILES string of the molecule is CCC[C@@H](C)n1ncc2[nH]c(CC(C)C)nc21. The second-order valence-electron chi connectivity index (χ2n) is 5.25. The van der Waals surface area contributed by atoms with Crippen molar-refractivity contribution in [3.8, 4) is 0 Å². The maximum absolute atomic E-state index is 4.66. The number of nitrogens with zero attached hydrogens (tertiary/aromatic N) is 3. The van der Waals surface area contributed by atoms with Gasteiger partial charge in [0, 0.05) is 6.42 Å². The Labute approximate surface area is 102 Å². The van der Waals surface area contributed by atoms with Crippen LogP contribution in [0.15, 0.2) is 6.20 Å². The van der Waals surface area contributed by atoms with Crippen LogP contribution in [0.5, 0.6) is 0 Å². The monoisotopic (exact) mass is 234 g/mol. The summed E-state index contributed by atoms with van der Waals surface area (Å²) in [5, 5.41) is 4.42. The van der Waals surface area contributed by atoms with Gasteiger partial charge in [-0.15, -0.1) is 0 Å². The first kappa shape index (κ1) is 12.1. The first-order chi connectivity index (χ1) is 8.11. The predicted molar refractivity (Wildman–Crippen MR) is 70.0 cm³/mol. The summed E-state index contributed by atoms with van der Waals surface area (Å²) in [4.78, 5) is 8.01. The van der Waals surface area contributed by atoms with E-state index in [0.29, 0.717) is 12.0 Å². The van der Waals surface area contributed by atoms with E-state index in [1.807, 2.05) is 10.9 Å². The van der Waals surface area contributed by atoms with Crippen LogP contribution in [0.2, 0.25) is 0 Å². The molecule has 1 N–H and O–H groups in total. The Hall–Kier alpha value is -1.32. The number of imidazole rings is 1. The first-order valence-electron chi connectivity index (χ1n) is 6.54. The third-order valence-electron chi connectivity index (χ3n) is 3.01. The summed E-state index contributed by atoms with van der Waals surface area (Å²) in [6.45, 7) is 8.82. The van der Waals surface area contributed by atoms with E-state index in [9.17, 15) is 0 Å². The summed E-state index contributed by atoms with van der Waals surface area (Å²) in [6.07, 6.45) is 5.20. The van der Waals surface area contributed by atoms with E-state index in [-0.39, 0.29) is 0 Å². The molecule has 94 valence electrons. The molecule has 2 aromatic heterocycles. The molecular weight excluding hydrogens is 212 g/mol. The molecule has 4 nitrogen and oxygen atoms in total. The molecule has 0 unspecified atom stereocenters. The van der Waals surface area contributed by atoms with Crippen LogP contribution in [0.1, 0.15) is 52.4 Å². The fraction of sp³-hybridized carbons (Fsp3) is 0.692. The second-order valence-corrected chi connectivity index (χ2v) is 5.25. The molecule has 0 aliphatic rings. The van der Waals surface area contributed by atoms with Crippen LogP contribution >= 0.6 is 0 Å². The van der Waals surface area contributed by atoms with Crippen molar-refractivity contribution in [3.63, 3.8) is 0 Å². The molecule has 2 heterocycles. The number of hydrogen-bond acceptors (Lipinski definition) is 2. The molecule has 2 rings (SSSR count). The second kappa shape index (κ2) is 4.90. The molecule has 0 radical (unpaired) electrons. The predicted octanol–water partition coefficient (Wildman–Crippen LogP) is 3.32. The number of H-pyrrole nitrogens is 1. The van der Waals surface area contributed by atoms with Gasteiger partial charge in [0.15, 0.2) is 5.65 Å². The van der Waals surface area contributed by atoms with Crippen LogP contribution in [0.3, 0.4) is 0 Å². The Morgan fingerprint density at radius 2 is 2.12 bits per heavy atom. The van der Waals surface area contributed by atoms with Crippen molar-refractivity contribution in [3.05, 3.63) is 12.0 Å². The quantitative estimate of drug-likeness (QED) is 0.862. The van der Waals surface area contributed by atoms with Gasteiger partial charge in [-0.2, -0.15) is 5.10 Å². The van der Waals surface area contributed by atoms with E-state index in [1.54, 1.807) is 0 Å². The normalized spacial score (nSPS) is 13.7. The van der Waals surface area contributed by atoms with Crippen molar-refractivity contribution in [2.75, 3.05) is 0 Å². The molecule has 1 atom stereocenters. The van der Waals surface area contributed by atoms with Gasteiger partial charge in [-0.05, 0) is 19.3 Å². The van der Waals surface area contributed by atoms with Gasteiger partial charge in [-0.3, -0.25) is 0 Å². The molecule has 4 heteroatoms. The summed E-state index contributed by atoms with van der Waals surface area (Å²) >= 11 is 0. The first-order valence-corrected chi connectivity index (χ1v) is 6.54. The van der Waals surface area contributed by atoms with Gasteiger partial charge >= 0.3 is 0 Å². The maximum atomic E-state index is 4.66. The lowest BCUT2D eigenvalue weighted by Crippen LogP contribution is -2.07. The molecule has 0 saturated heterocycles. The fourth-order valence-corrected chi connectivity index (χ4v) is 2.21. The lowest BCUT2D eigenvalue weighted by atomic mass is 10.1. The van der Waals surface area contributed by atoms with Crippen molar-refractivity contribution < 1.29 is 0 Å². The van der Waals surface area contributed by atoms with Crippen molar-refractivity contribution in [1.29, 1.82) is 0 Å². The largest absolute Gasteiger partial charge is 0.339 e. The van der Waals surface area contributed by atoms with E-state index in [0.717, 1.165) is 29.8 Å². The van der Waals surface area contributed by atoms with Gasteiger partial charge in [0.1, 0.15) is 11.3 Å². The molecule has 0 aliphatic heterocycles. The van der Waals surface area contributed by atoms with Crippen LogP contribution in [-0.2, 0) is 6.42 Å². The standard InChI is InChI=1S/C13H22N4/c1-5-6-10(4)17-13-11(8-14-17)15-12(16-13)7-9(2)3/h8-10H,5-7H2,1-4H3,(H,15,16)/t10-/m1/s1. The Bertz CT molecular complexity index is 481. The third kappa shape index (κ3) is 2.51. The van der Waals surface area contributed by atoms with Gasteiger partial charge in [0.25, 0.3) is 0 Å². The van der Waals surface area contributed by atoms with E-state index in [2.05, 4.69) is 42.8 Å². The van der Waals surface area contributed by atoms with Crippen LogP contribution in [0, 0.1) is 5.92 Å². The molecule has 0 spiro atoms. The van der Waals surface area contributed by atoms with Crippen molar-refractivity contribution in [2.45, 2.75) is 53.0 Å². The number of aromatic amines is 1. The van der Waals surface area contributed by atoms with Gasteiger partial charge in [0.05, 0.1) is 12.2 Å². The average Bonchev–Trinajstić information content (AvgIpc) is 2.75. The fourth-order valence-electron chi connectivity index (χ4n) is 2.21. The Balaban J connectivity index is 2.29. The van der Waals surface area contributed by atoms with Gasteiger partial charge in [-0.25, -0.2) is 9.67 Å².